The highest BCUT2D eigenvalue weighted by Crippen LogP contribution is 2.36. The summed E-state index contributed by atoms with van der Waals surface area (Å²) in [5.41, 5.74) is 8.69. The lowest BCUT2D eigenvalue weighted by molar-refractivity contribution is 1.13. The summed E-state index contributed by atoms with van der Waals surface area (Å²) in [6, 6.07) is 37.1. The number of anilines is 3. The average molecular weight is 378 g/mol. The first-order valence-corrected chi connectivity index (χ1v) is 10.4. The monoisotopic (exact) mass is 377 g/mol. The van der Waals surface area contributed by atoms with E-state index < -0.39 is 0 Å². The van der Waals surface area contributed by atoms with E-state index in [-0.39, 0.29) is 0 Å². The zero-order valence-electron chi connectivity index (χ0n) is 17.2. The average Bonchev–Trinajstić information content (AvgIpc) is 2.81. The Balaban J connectivity index is 1.81. The van der Waals surface area contributed by atoms with Crippen molar-refractivity contribution in [3.63, 3.8) is 0 Å². The second kappa shape index (κ2) is 8.79. The van der Waals surface area contributed by atoms with Gasteiger partial charge in [-0.15, -0.1) is 0 Å². The standard InChI is InChI=1S/C28H27N/c1-3-22-13-17-26(18-14-22)29(27-19-15-23(4-2)16-20-27)28-12-8-11-25(21-28)24-9-6-5-7-10-24/h5-21H,3-4H2,1-2H3. The van der Waals surface area contributed by atoms with E-state index in [2.05, 4.69) is 122 Å². The Hall–Kier alpha value is -3.32. The molecule has 4 rings (SSSR count). The van der Waals surface area contributed by atoms with Gasteiger partial charge >= 0.3 is 0 Å². The first kappa shape index (κ1) is 19.0. The van der Waals surface area contributed by atoms with Crippen LogP contribution in [0.2, 0.25) is 0 Å². The third-order valence-electron chi connectivity index (χ3n) is 5.42. The van der Waals surface area contributed by atoms with Gasteiger partial charge in [0.05, 0.1) is 0 Å². The molecule has 0 saturated heterocycles. The van der Waals surface area contributed by atoms with Crippen molar-refractivity contribution in [1.82, 2.24) is 0 Å². The molecule has 0 bridgehead atoms. The van der Waals surface area contributed by atoms with Crippen molar-refractivity contribution < 1.29 is 0 Å². The molecule has 4 aromatic rings. The Kier molecular flexibility index (Phi) is 5.76. The fourth-order valence-corrected chi connectivity index (χ4v) is 3.66. The maximum absolute atomic E-state index is 2.34. The van der Waals surface area contributed by atoms with Gasteiger partial charge in [-0.05, 0) is 71.5 Å². The Morgan fingerprint density at radius 3 is 1.52 bits per heavy atom. The third-order valence-corrected chi connectivity index (χ3v) is 5.42. The van der Waals surface area contributed by atoms with Gasteiger partial charge in [0.25, 0.3) is 0 Å². The highest BCUT2D eigenvalue weighted by atomic mass is 15.1. The second-order valence-electron chi connectivity index (χ2n) is 7.29. The van der Waals surface area contributed by atoms with E-state index in [0.717, 1.165) is 12.8 Å². The topological polar surface area (TPSA) is 3.24 Å². The van der Waals surface area contributed by atoms with Crippen LogP contribution in [0.1, 0.15) is 25.0 Å². The van der Waals surface area contributed by atoms with Crippen LogP contribution < -0.4 is 4.90 Å². The highest BCUT2D eigenvalue weighted by Gasteiger charge is 2.13. The van der Waals surface area contributed by atoms with E-state index in [0.29, 0.717) is 0 Å². The molecule has 144 valence electrons. The molecule has 0 unspecified atom stereocenters. The highest BCUT2D eigenvalue weighted by molar-refractivity contribution is 5.80. The fraction of sp³-hybridized carbons (Fsp3) is 0.143. The molecule has 0 radical (unpaired) electrons. The quantitative estimate of drug-likeness (QED) is 0.329. The normalized spacial score (nSPS) is 10.7. The van der Waals surface area contributed by atoms with Gasteiger partial charge in [0.1, 0.15) is 0 Å². The molecule has 0 spiro atoms. The van der Waals surface area contributed by atoms with Crippen LogP contribution in [-0.4, -0.2) is 0 Å². The molecule has 0 amide bonds. The van der Waals surface area contributed by atoms with Crippen molar-refractivity contribution in [2.24, 2.45) is 0 Å². The molecule has 0 aliphatic carbocycles. The summed E-state index contributed by atoms with van der Waals surface area (Å²) >= 11 is 0. The molecular weight excluding hydrogens is 350 g/mol. The van der Waals surface area contributed by atoms with Crippen molar-refractivity contribution in [2.75, 3.05) is 4.90 Å². The van der Waals surface area contributed by atoms with E-state index in [1.165, 1.54) is 39.3 Å². The van der Waals surface area contributed by atoms with Gasteiger partial charge in [-0.1, -0.05) is 80.6 Å². The molecule has 0 aliphatic rings. The van der Waals surface area contributed by atoms with Gasteiger partial charge in [-0.2, -0.15) is 0 Å². The van der Waals surface area contributed by atoms with Crippen LogP contribution in [0, 0.1) is 0 Å². The van der Waals surface area contributed by atoms with Crippen LogP contribution in [0.4, 0.5) is 17.1 Å². The molecule has 4 aromatic carbocycles. The third kappa shape index (κ3) is 4.25. The number of benzene rings is 4. The molecule has 0 saturated carbocycles. The lowest BCUT2D eigenvalue weighted by Gasteiger charge is -2.26. The maximum Gasteiger partial charge on any atom is 0.0467 e. The van der Waals surface area contributed by atoms with Crippen molar-refractivity contribution >= 4 is 17.1 Å². The lowest BCUT2D eigenvalue weighted by Crippen LogP contribution is -2.10. The minimum atomic E-state index is 1.05. The Morgan fingerprint density at radius 1 is 0.483 bits per heavy atom. The summed E-state index contributed by atoms with van der Waals surface area (Å²) in [6.07, 6.45) is 2.10. The molecule has 0 N–H and O–H groups in total. The first-order valence-electron chi connectivity index (χ1n) is 10.4. The zero-order valence-corrected chi connectivity index (χ0v) is 17.2. The molecule has 1 nitrogen and oxygen atoms in total. The molecular formula is C28H27N. The van der Waals surface area contributed by atoms with Crippen LogP contribution in [0.3, 0.4) is 0 Å². The van der Waals surface area contributed by atoms with Crippen LogP contribution in [0.5, 0.6) is 0 Å². The second-order valence-corrected chi connectivity index (χ2v) is 7.29. The first-order chi connectivity index (χ1) is 14.3. The van der Waals surface area contributed by atoms with Gasteiger partial charge in [-0.3, -0.25) is 0 Å². The van der Waals surface area contributed by atoms with Gasteiger partial charge in [0.2, 0.25) is 0 Å². The summed E-state index contributed by atoms with van der Waals surface area (Å²) < 4.78 is 0. The van der Waals surface area contributed by atoms with Gasteiger partial charge < -0.3 is 4.90 Å². The van der Waals surface area contributed by atoms with Crippen LogP contribution in [-0.2, 0) is 12.8 Å². The Labute approximate surface area is 174 Å². The van der Waals surface area contributed by atoms with Crippen LogP contribution in [0.25, 0.3) is 11.1 Å². The van der Waals surface area contributed by atoms with Crippen molar-refractivity contribution in [1.29, 1.82) is 0 Å². The molecule has 29 heavy (non-hydrogen) atoms. The largest absolute Gasteiger partial charge is 0.310 e. The summed E-state index contributed by atoms with van der Waals surface area (Å²) in [4.78, 5) is 2.34. The number of hydrogen-bond acceptors (Lipinski definition) is 1. The van der Waals surface area contributed by atoms with Crippen LogP contribution in [0.15, 0.2) is 103 Å². The molecule has 0 aliphatic heterocycles. The summed E-state index contributed by atoms with van der Waals surface area (Å²) in [5, 5.41) is 0. The number of hydrogen-bond donors (Lipinski definition) is 0. The van der Waals surface area contributed by atoms with Crippen molar-refractivity contribution in [2.45, 2.75) is 26.7 Å². The smallest absolute Gasteiger partial charge is 0.0467 e. The molecule has 0 aromatic heterocycles. The van der Waals surface area contributed by atoms with Gasteiger partial charge in [0, 0.05) is 17.1 Å². The molecule has 0 atom stereocenters. The zero-order chi connectivity index (χ0) is 20.1. The van der Waals surface area contributed by atoms with E-state index in [1.54, 1.807) is 0 Å². The predicted molar refractivity (Wildman–Crippen MR) is 125 cm³/mol. The number of rotatable bonds is 6. The lowest BCUT2D eigenvalue weighted by atomic mass is 10.0. The van der Waals surface area contributed by atoms with Crippen molar-refractivity contribution in [3.8, 4) is 11.1 Å². The Morgan fingerprint density at radius 2 is 1.00 bits per heavy atom. The minimum Gasteiger partial charge on any atom is -0.310 e. The number of nitrogens with zero attached hydrogens (tertiary/aromatic N) is 1. The summed E-state index contributed by atoms with van der Waals surface area (Å²) in [6.45, 7) is 4.39. The van der Waals surface area contributed by atoms with E-state index >= 15 is 0 Å². The minimum absolute atomic E-state index is 1.05. The fourth-order valence-electron chi connectivity index (χ4n) is 3.66. The molecule has 0 heterocycles. The molecule has 1 heteroatoms. The molecule has 0 fully saturated rings. The van der Waals surface area contributed by atoms with E-state index in [9.17, 15) is 0 Å². The number of aryl methyl sites for hydroxylation is 2. The van der Waals surface area contributed by atoms with E-state index in [1.807, 2.05) is 0 Å². The maximum atomic E-state index is 2.34. The van der Waals surface area contributed by atoms with Gasteiger partial charge in [0.15, 0.2) is 0 Å². The van der Waals surface area contributed by atoms with Gasteiger partial charge in [-0.25, -0.2) is 0 Å². The van der Waals surface area contributed by atoms with E-state index in [4.69, 9.17) is 0 Å². The SMILES string of the molecule is CCc1ccc(N(c2ccc(CC)cc2)c2cccc(-c3ccccc3)c2)cc1. The van der Waals surface area contributed by atoms with Crippen molar-refractivity contribution in [3.05, 3.63) is 114 Å². The summed E-state index contributed by atoms with van der Waals surface area (Å²) in [5.74, 6) is 0. The Bertz CT molecular complexity index is 1000. The van der Waals surface area contributed by atoms with Crippen LogP contribution >= 0.6 is 0 Å². The predicted octanol–water partition coefficient (Wildman–Crippen LogP) is 7.95. The summed E-state index contributed by atoms with van der Waals surface area (Å²) in [7, 11) is 0.